The molecule has 0 aromatic heterocycles. The highest BCUT2D eigenvalue weighted by Gasteiger charge is 2.29. The molecule has 3 aromatic rings. The molecule has 0 radical (unpaired) electrons. The molecule has 4 N–H and O–H groups in total. The van der Waals surface area contributed by atoms with Crippen LogP contribution in [0.5, 0.6) is 11.5 Å². The van der Waals surface area contributed by atoms with E-state index in [1.54, 1.807) is 0 Å². The van der Waals surface area contributed by atoms with Gasteiger partial charge in [-0.25, -0.2) is 4.79 Å². The molecule has 0 saturated heterocycles. The van der Waals surface area contributed by atoms with E-state index >= 15 is 0 Å². The number of rotatable bonds is 9. The van der Waals surface area contributed by atoms with Crippen LogP contribution in [0.4, 0.5) is 4.79 Å². The Bertz CT molecular complexity index is 1180. The molecule has 4 rings (SSSR count). The number of benzene rings is 3. The molecule has 1 aliphatic rings. The third-order valence-electron chi connectivity index (χ3n) is 6.22. The lowest BCUT2D eigenvalue weighted by Gasteiger charge is -2.21. The molecular formula is C27H27NO7. The number of carbonyl (C=O) groups is 2. The van der Waals surface area contributed by atoms with E-state index in [1.165, 1.54) is 19.2 Å². The van der Waals surface area contributed by atoms with Crippen molar-refractivity contribution in [3.63, 3.8) is 0 Å². The number of nitrogens with one attached hydrogen (secondary N) is 1. The van der Waals surface area contributed by atoms with E-state index < -0.39 is 18.3 Å². The second-order valence-corrected chi connectivity index (χ2v) is 8.33. The number of amides is 1. The summed E-state index contributed by atoms with van der Waals surface area (Å²) in [5, 5.41) is 33.7. The zero-order valence-corrected chi connectivity index (χ0v) is 19.2. The highest BCUT2D eigenvalue weighted by molar-refractivity contribution is 5.79. The summed E-state index contributed by atoms with van der Waals surface area (Å²) in [7, 11) is 1.31. The minimum Gasteiger partial charge on any atom is -0.504 e. The van der Waals surface area contributed by atoms with E-state index in [0.29, 0.717) is 6.29 Å². The molecule has 0 fully saturated rings. The van der Waals surface area contributed by atoms with Crippen molar-refractivity contribution in [1.82, 2.24) is 5.32 Å². The van der Waals surface area contributed by atoms with Gasteiger partial charge in [-0.15, -0.1) is 0 Å². The second-order valence-electron chi connectivity index (χ2n) is 8.33. The number of methoxy groups -OCH3 is 1. The first-order chi connectivity index (χ1) is 16.9. The molecule has 1 aliphatic carbocycles. The number of aromatic hydroxyl groups is 1. The summed E-state index contributed by atoms with van der Waals surface area (Å²) < 4.78 is 10.5. The molecule has 0 spiro atoms. The molecule has 0 heterocycles. The molecule has 8 heteroatoms. The van der Waals surface area contributed by atoms with Crippen LogP contribution >= 0.6 is 0 Å². The number of aliphatic hydroxyl groups is 2. The smallest absolute Gasteiger partial charge is 0.407 e. The summed E-state index contributed by atoms with van der Waals surface area (Å²) in [4.78, 5) is 23.4. The Morgan fingerprint density at radius 2 is 1.69 bits per heavy atom. The van der Waals surface area contributed by atoms with Gasteiger partial charge in [0.1, 0.15) is 19.0 Å². The lowest BCUT2D eigenvalue weighted by atomic mass is 9.98. The van der Waals surface area contributed by atoms with Gasteiger partial charge in [-0.3, -0.25) is 4.79 Å². The molecule has 2 unspecified atom stereocenters. The first kappa shape index (κ1) is 24.3. The summed E-state index contributed by atoms with van der Waals surface area (Å²) >= 11 is 0. The van der Waals surface area contributed by atoms with Gasteiger partial charge in [-0.1, -0.05) is 48.5 Å². The Morgan fingerprint density at radius 1 is 1.06 bits per heavy atom. The van der Waals surface area contributed by atoms with Crippen LogP contribution in [-0.4, -0.2) is 54.1 Å². The van der Waals surface area contributed by atoms with Crippen LogP contribution in [0.3, 0.4) is 0 Å². The van der Waals surface area contributed by atoms with Crippen LogP contribution in [0, 0.1) is 0 Å². The number of fused-ring (bicyclic) bond motifs is 3. The van der Waals surface area contributed by atoms with Gasteiger partial charge >= 0.3 is 6.09 Å². The maximum absolute atomic E-state index is 12.3. The fourth-order valence-corrected chi connectivity index (χ4v) is 4.44. The van der Waals surface area contributed by atoms with Gasteiger partial charge in [0, 0.05) is 23.6 Å². The lowest BCUT2D eigenvalue weighted by molar-refractivity contribution is 0.0122. The van der Waals surface area contributed by atoms with E-state index in [0.717, 1.165) is 22.3 Å². The number of phenolic OH excluding ortho intramolecular Hbond substituents is 1. The van der Waals surface area contributed by atoms with Gasteiger partial charge in [-0.2, -0.15) is 0 Å². The second kappa shape index (κ2) is 10.6. The quantitative estimate of drug-likeness (QED) is 0.347. The Kier molecular flexibility index (Phi) is 7.33. The highest BCUT2D eigenvalue weighted by atomic mass is 16.5. The average Bonchev–Trinajstić information content (AvgIpc) is 3.20. The van der Waals surface area contributed by atoms with Crippen molar-refractivity contribution in [1.29, 1.82) is 0 Å². The van der Waals surface area contributed by atoms with Gasteiger partial charge in [0.15, 0.2) is 11.5 Å². The van der Waals surface area contributed by atoms with Crippen LogP contribution in [-0.2, 0) is 4.74 Å². The molecule has 0 bridgehead atoms. The predicted octanol–water partition coefficient (Wildman–Crippen LogP) is 3.54. The summed E-state index contributed by atoms with van der Waals surface area (Å²) in [6.45, 7) is 0.192. The first-order valence-electron chi connectivity index (χ1n) is 11.3. The third-order valence-corrected chi connectivity index (χ3v) is 6.22. The molecule has 0 saturated carbocycles. The van der Waals surface area contributed by atoms with Crippen molar-refractivity contribution in [2.75, 3.05) is 20.3 Å². The number of ether oxygens (including phenoxy) is 2. The molecule has 2 atom stereocenters. The van der Waals surface area contributed by atoms with Crippen LogP contribution in [0.1, 0.15) is 45.5 Å². The number of phenols is 1. The zero-order valence-electron chi connectivity index (χ0n) is 19.2. The molecule has 182 valence electrons. The molecule has 8 nitrogen and oxygen atoms in total. The van der Waals surface area contributed by atoms with Crippen LogP contribution in [0.15, 0.2) is 60.7 Å². The minimum absolute atomic E-state index is 0.00705. The van der Waals surface area contributed by atoms with Crippen molar-refractivity contribution >= 4 is 12.4 Å². The van der Waals surface area contributed by atoms with Crippen molar-refractivity contribution < 1.29 is 34.4 Å². The van der Waals surface area contributed by atoms with E-state index in [2.05, 4.69) is 17.4 Å². The van der Waals surface area contributed by atoms with Crippen molar-refractivity contribution in [3.8, 4) is 22.6 Å². The fraction of sp³-hybridized carbons (Fsp3) is 0.259. The normalized spacial score (nSPS) is 13.9. The van der Waals surface area contributed by atoms with Gasteiger partial charge in [0.05, 0.1) is 13.2 Å². The van der Waals surface area contributed by atoms with Crippen molar-refractivity contribution in [2.45, 2.75) is 24.5 Å². The summed E-state index contributed by atoms with van der Waals surface area (Å²) in [5.41, 5.74) is 4.61. The maximum atomic E-state index is 12.3. The van der Waals surface area contributed by atoms with E-state index in [-0.39, 0.29) is 48.1 Å². The number of aldehydes is 1. The topological polar surface area (TPSA) is 125 Å². The largest absolute Gasteiger partial charge is 0.504 e. The Balaban J connectivity index is 1.31. The van der Waals surface area contributed by atoms with E-state index in [1.807, 2.05) is 36.4 Å². The SMILES string of the molecule is COc1cc(C=O)cc(C(O)C(O)CCNC(=O)OCC2c3ccccc3-c3ccccc32)c1O. The van der Waals surface area contributed by atoms with Crippen LogP contribution in [0.25, 0.3) is 11.1 Å². The Morgan fingerprint density at radius 3 is 2.29 bits per heavy atom. The summed E-state index contributed by atoms with van der Waals surface area (Å²) in [6, 6.07) is 18.7. The molecular weight excluding hydrogens is 450 g/mol. The fourth-order valence-electron chi connectivity index (χ4n) is 4.44. The number of hydrogen-bond donors (Lipinski definition) is 4. The zero-order chi connectivity index (χ0) is 24.9. The molecule has 1 amide bonds. The summed E-state index contributed by atoms with van der Waals surface area (Å²) in [6.07, 6.45) is -2.92. The molecule has 35 heavy (non-hydrogen) atoms. The third kappa shape index (κ3) is 4.99. The predicted molar refractivity (Wildman–Crippen MR) is 129 cm³/mol. The molecule has 3 aromatic carbocycles. The van der Waals surface area contributed by atoms with Crippen molar-refractivity contribution in [3.05, 3.63) is 82.9 Å². The monoisotopic (exact) mass is 477 g/mol. The number of alkyl carbamates (subject to hydrolysis) is 1. The molecule has 0 aliphatic heterocycles. The summed E-state index contributed by atoms with van der Waals surface area (Å²) in [5.74, 6) is -0.426. The minimum atomic E-state index is -1.49. The number of aliphatic hydroxyl groups excluding tert-OH is 2. The van der Waals surface area contributed by atoms with E-state index in [4.69, 9.17) is 9.47 Å². The average molecular weight is 478 g/mol. The van der Waals surface area contributed by atoms with Crippen molar-refractivity contribution in [2.24, 2.45) is 0 Å². The first-order valence-corrected chi connectivity index (χ1v) is 11.3. The highest BCUT2D eigenvalue weighted by Crippen LogP contribution is 2.44. The van der Waals surface area contributed by atoms with Gasteiger partial charge < -0.3 is 30.1 Å². The van der Waals surface area contributed by atoms with Gasteiger partial charge in [-0.05, 0) is 40.8 Å². The van der Waals surface area contributed by atoms with Crippen LogP contribution < -0.4 is 10.1 Å². The van der Waals surface area contributed by atoms with Gasteiger partial charge in [0.25, 0.3) is 0 Å². The number of hydrogen-bond acceptors (Lipinski definition) is 7. The number of carbonyl (C=O) groups excluding carboxylic acids is 2. The van der Waals surface area contributed by atoms with Crippen LogP contribution in [0.2, 0.25) is 0 Å². The standard InChI is InChI=1S/C27H27NO7/c1-34-24-13-16(14-29)12-21(26(24)32)25(31)23(30)10-11-28-27(33)35-15-22-19-8-4-2-6-17(19)18-7-3-5-9-20(18)22/h2-9,12-14,22-23,25,30-32H,10-11,15H2,1H3,(H,28,33). The Hall–Kier alpha value is -3.88. The maximum Gasteiger partial charge on any atom is 0.407 e. The van der Waals surface area contributed by atoms with E-state index in [9.17, 15) is 24.9 Å². The van der Waals surface area contributed by atoms with Gasteiger partial charge in [0.2, 0.25) is 0 Å². The Labute approximate surface area is 202 Å². The lowest BCUT2D eigenvalue weighted by Crippen LogP contribution is -2.30.